The maximum absolute atomic E-state index is 12.9. The Morgan fingerprint density at radius 1 is 0.933 bits per heavy atom. The first-order valence-corrected chi connectivity index (χ1v) is 11.5. The van der Waals surface area contributed by atoms with E-state index in [1.54, 1.807) is 36.4 Å². The molecule has 0 radical (unpaired) electrons. The Balaban J connectivity index is 2.05. The summed E-state index contributed by atoms with van der Waals surface area (Å²) in [6.45, 7) is 5.47. The van der Waals surface area contributed by atoms with Gasteiger partial charge < -0.3 is 15.4 Å². The predicted octanol–water partition coefficient (Wildman–Crippen LogP) is 6.19. The van der Waals surface area contributed by atoms with Gasteiger partial charge in [0.1, 0.15) is 5.75 Å². The molecule has 2 rings (SSSR count). The summed E-state index contributed by atoms with van der Waals surface area (Å²) in [5.74, 6) is 0.141. The van der Waals surface area contributed by atoms with Crippen LogP contribution in [-0.4, -0.2) is 25.0 Å². The topological polar surface area (TPSA) is 67.4 Å². The van der Waals surface area contributed by atoms with Crippen molar-refractivity contribution >= 4 is 33.4 Å². The molecule has 0 atom stereocenters. The molecule has 5 nitrogen and oxygen atoms in total. The Hall–Kier alpha value is -2.34. The zero-order valence-electron chi connectivity index (χ0n) is 17.8. The Morgan fingerprint density at radius 2 is 1.73 bits per heavy atom. The fourth-order valence-corrected chi connectivity index (χ4v) is 3.29. The largest absolute Gasteiger partial charge is 0.493 e. The van der Waals surface area contributed by atoms with Crippen LogP contribution in [0, 0.1) is 0 Å². The molecule has 0 aliphatic carbocycles. The van der Waals surface area contributed by atoms with E-state index in [0.717, 1.165) is 30.2 Å². The Morgan fingerprint density at radius 3 is 2.50 bits per heavy atom. The van der Waals surface area contributed by atoms with Crippen molar-refractivity contribution in [2.45, 2.75) is 52.4 Å². The van der Waals surface area contributed by atoms with Crippen LogP contribution in [0.1, 0.15) is 73.1 Å². The third-order valence-corrected chi connectivity index (χ3v) is 5.13. The number of amides is 2. The van der Waals surface area contributed by atoms with Crippen LogP contribution in [0.4, 0.5) is 5.69 Å². The third-order valence-electron chi connectivity index (χ3n) is 4.64. The van der Waals surface area contributed by atoms with Crippen molar-refractivity contribution in [1.29, 1.82) is 0 Å². The lowest BCUT2D eigenvalue weighted by atomic mass is 10.1. The SMILES string of the molecule is CCCCCCOc1ccc(Br)cc1C(=O)Nc1cccc(C(=O)NCCCC)c1. The number of unbranched alkanes of at least 4 members (excludes halogenated alkanes) is 4. The summed E-state index contributed by atoms with van der Waals surface area (Å²) >= 11 is 3.42. The second-order valence-corrected chi connectivity index (χ2v) is 8.11. The fraction of sp³-hybridized carbons (Fsp3) is 0.417. The summed E-state index contributed by atoms with van der Waals surface area (Å²) in [4.78, 5) is 25.2. The van der Waals surface area contributed by atoms with Crippen molar-refractivity contribution in [1.82, 2.24) is 5.32 Å². The zero-order chi connectivity index (χ0) is 21.8. The lowest BCUT2D eigenvalue weighted by Crippen LogP contribution is -2.24. The van der Waals surface area contributed by atoms with Gasteiger partial charge in [-0.1, -0.05) is 61.5 Å². The van der Waals surface area contributed by atoms with E-state index in [1.807, 2.05) is 6.07 Å². The van der Waals surface area contributed by atoms with Crippen molar-refractivity contribution in [2.75, 3.05) is 18.5 Å². The van der Waals surface area contributed by atoms with Gasteiger partial charge in [-0.25, -0.2) is 0 Å². The minimum Gasteiger partial charge on any atom is -0.493 e. The number of carbonyl (C=O) groups is 2. The van der Waals surface area contributed by atoms with Crippen molar-refractivity contribution in [3.63, 3.8) is 0 Å². The van der Waals surface area contributed by atoms with Crippen molar-refractivity contribution in [2.24, 2.45) is 0 Å². The highest BCUT2D eigenvalue weighted by atomic mass is 79.9. The van der Waals surface area contributed by atoms with Crippen molar-refractivity contribution < 1.29 is 14.3 Å². The van der Waals surface area contributed by atoms with Crippen molar-refractivity contribution in [3.8, 4) is 5.75 Å². The lowest BCUT2D eigenvalue weighted by Gasteiger charge is -2.13. The van der Waals surface area contributed by atoms with Crippen LogP contribution in [0.5, 0.6) is 5.75 Å². The molecule has 0 bridgehead atoms. The van der Waals surface area contributed by atoms with E-state index >= 15 is 0 Å². The number of carbonyl (C=O) groups excluding carboxylic acids is 2. The number of halogens is 1. The highest BCUT2D eigenvalue weighted by Gasteiger charge is 2.15. The standard InChI is InChI=1S/C24H31BrN2O3/c1-3-5-7-8-15-30-22-13-12-19(25)17-21(22)24(29)27-20-11-9-10-18(16-20)23(28)26-14-6-4-2/h9-13,16-17H,3-8,14-15H2,1-2H3,(H,26,28)(H,27,29). The van der Waals surface area contributed by atoms with Gasteiger partial charge in [-0.2, -0.15) is 0 Å². The van der Waals surface area contributed by atoms with Crippen LogP contribution in [0.15, 0.2) is 46.9 Å². The number of benzene rings is 2. The molecule has 2 N–H and O–H groups in total. The number of anilines is 1. The quantitative estimate of drug-likeness (QED) is 0.360. The van der Waals surface area contributed by atoms with Gasteiger partial charge in [0.25, 0.3) is 11.8 Å². The van der Waals surface area contributed by atoms with E-state index in [1.165, 1.54) is 12.8 Å². The Kier molecular flexibility index (Phi) is 10.4. The molecule has 0 heterocycles. The molecule has 0 aliphatic heterocycles. The normalized spacial score (nSPS) is 10.5. The average Bonchev–Trinajstić information content (AvgIpc) is 2.74. The van der Waals surface area contributed by atoms with Gasteiger partial charge in [0, 0.05) is 22.3 Å². The first-order chi connectivity index (χ1) is 14.5. The number of hydrogen-bond acceptors (Lipinski definition) is 3. The van der Waals surface area contributed by atoms with Gasteiger partial charge >= 0.3 is 0 Å². The molecule has 0 unspecified atom stereocenters. The smallest absolute Gasteiger partial charge is 0.259 e. The minimum absolute atomic E-state index is 0.141. The highest BCUT2D eigenvalue weighted by molar-refractivity contribution is 9.10. The van der Waals surface area contributed by atoms with Crippen LogP contribution in [0.2, 0.25) is 0 Å². The number of rotatable bonds is 12. The summed E-state index contributed by atoms with van der Waals surface area (Å²) in [6.07, 6.45) is 6.38. The summed E-state index contributed by atoms with van der Waals surface area (Å²) in [7, 11) is 0. The molecule has 30 heavy (non-hydrogen) atoms. The van der Waals surface area contributed by atoms with E-state index in [0.29, 0.717) is 35.7 Å². The van der Waals surface area contributed by atoms with E-state index < -0.39 is 0 Å². The molecule has 2 aromatic rings. The van der Waals surface area contributed by atoms with Crippen LogP contribution in [0.25, 0.3) is 0 Å². The minimum atomic E-state index is -0.275. The molecule has 0 aliphatic rings. The van der Waals surface area contributed by atoms with E-state index in [9.17, 15) is 9.59 Å². The van der Waals surface area contributed by atoms with Crippen LogP contribution < -0.4 is 15.4 Å². The first kappa shape index (κ1) is 23.9. The van der Waals surface area contributed by atoms with E-state index in [-0.39, 0.29) is 11.8 Å². The molecule has 0 spiro atoms. The monoisotopic (exact) mass is 474 g/mol. The van der Waals surface area contributed by atoms with Gasteiger partial charge in [-0.3, -0.25) is 9.59 Å². The molecule has 0 saturated carbocycles. The maximum Gasteiger partial charge on any atom is 0.259 e. The summed E-state index contributed by atoms with van der Waals surface area (Å²) in [5.41, 5.74) is 1.54. The van der Waals surface area contributed by atoms with Crippen molar-refractivity contribution in [3.05, 3.63) is 58.1 Å². The third kappa shape index (κ3) is 7.82. The molecule has 6 heteroatoms. The second-order valence-electron chi connectivity index (χ2n) is 7.19. The Bertz CT molecular complexity index is 839. The summed E-state index contributed by atoms with van der Waals surface area (Å²) in [6, 6.07) is 12.4. The predicted molar refractivity (Wildman–Crippen MR) is 125 cm³/mol. The lowest BCUT2D eigenvalue weighted by molar-refractivity contribution is 0.0951. The van der Waals surface area contributed by atoms with Gasteiger partial charge in [0.05, 0.1) is 12.2 Å². The maximum atomic E-state index is 12.9. The molecule has 0 fully saturated rings. The summed E-state index contributed by atoms with van der Waals surface area (Å²) < 4.78 is 6.67. The number of ether oxygens (including phenoxy) is 1. The molecule has 2 amide bonds. The number of hydrogen-bond donors (Lipinski definition) is 2. The van der Waals surface area contributed by atoms with Crippen LogP contribution in [0.3, 0.4) is 0 Å². The van der Waals surface area contributed by atoms with Gasteiger partial charge in [-0.05, 0) is 49.2 Å². The second kappa shape index (κ2) is 13.1. The molecule has 2 aromatic carbocycles. The van der Waals surface area contributed by atoms with Gasteiger partial charge in [-0.15, -0.1) is 0 Å². The molecule has 0 aromatic heterocycles. The Labute approximate surface area is 187 Å². The average molecular weight is 475 g/mol. The van der Waals surface area contributed by atoms with Gasteiger partial charge in [0.2, 0.25) is 0 Å². The van der Waals surface area contributed by atoms with Crippen LogP contribution >= 0.6 is 15.9 Å². The molecule has 162 valence electrons. The molecule has 0 saturated heterocycles. The molecular formula is C24H31BrN2O3. The zero-order valence-corrected chi connectivity index (χ0v) is 19.4. The first-order valence-electron chi connectivity index (χ1n) is 10.7. The van der Waals surface area contributed by atoms with E-state index in [4.69, 9.17) is 4.74 Å². The molecular weight excluding hydrogens is 444 g/mol. The number of nitrogens with one attached hydrogen (secondary N) is 2. The van der Waals surface area contributed by atoms with Gasteiger partial charge in [0.15, 0.2) is 0 Å². The highest BCUT2D eigenvalue weighted by Crippen LogP contribution is 2.25. The van der Waals surface area contributed by atoms with Crippen LogP contribution in [-0.2, 0) is 0 Å². The fourth-order valence-electron chi connectivity index (χ4n) is 2.93. The summed E-state index contributed by atoms with van der Waals surface area (Å²) in [5, 5.41) is 5.77. The van der Waals surface area contributed by atoms with E-state index in [2.05, 4.69) is 40.4 Å².